The Hall–Kier alpha value is -6.96. The summed E-state index contributed by atoms with van der Waals surface area (Å²) < 4.78 is 7.76. The molecular weight excluding hydrogens is 924 g/mol. The van der Waals surface area contributed by atoms with E-state index >= 15 is 0 Å². The van der Waals surface area contributed by atoms with Gasteiger partial charge in [0, 0.05) is 60.4 Å². The van der Waals surface area contributed by atoms with Crippen LogP contribution in [0.2, 0.25) is 0 Å². The molecule has 0 aliphatic heterocycles. The number of amides is 2. The first-order chi connectivity index (χ1) is 32.9. The third-order valence-electron chi connectivity index (χ3n) is 12.1. The molecule has 6 N–H and O–H groups in total. The molecule has 0 saturated heterocycles. The Balaban J connectivity index is 0.000000692. The molecule has 0 radical (unpaired) electrons. The number of aryl methyl sites for hydroxylation is 6. The van der Waals surface area contributed by atoms with Gasteiger partial charge in [0.25, 0.3) is 11.1 Å². The maximum Gasteiger partial charge on any atom is 1.00 e. The molecule has 17 heteroatoms. The van der Waals surface area contributed by atoms with Gasteiger partial charge in [-0.2, -0.15) is 0 Å². The molecule has 6 rings (SSSR count). The zero-order valence-corrected chi connectivity index (χ0v) is 43.0. The summed E-state index contributed by atoms with van der Waals surface area (Å²) in [7, 11) is 1.32. The number of carbonyl (C=O) groups excluding carboxylic acids is 3. The molecule has 73 heavy (non-hydrogen) atoms. The predicted molar refractivity (Wildman–Crippen MR) is 280 cm³/mol. The number of carboxylic acid groups (broad SMARTS) is 1. The van der Waals surface area contributed by atoms with E-state index in [2.05, 4.69) is 20.6 Å². The summed E-state index contributed by atoms with van der Waals surface area (Å²) in [6, 6.07) is 19.6. The Bertz CT molecular complexity index is 2880. The zero-order chi connectivity index (χ0) is 50.4. The smallest absolute Gasteiger partial charge is 0.870 e. The molecule has 4 aromatic heterocycles. The van der Waals surface area contributed by atoms with Crippen LogP contribution in [0.4, 0.5) is 0 Å². The molecule has 0 aliphatic carbocycles. The van der Waals surface area contributed by atoms with Crippen molar-refractivity contribution in [3.05, 3.63) is 175 Å². The van der Waals surface area contributed by atoms with Gasteiger partial charge in [0.2, 0.25) is 11.8 Å². The quantitative estimate of drug-likeness (QED) is 0.0691. The van der Waals surface area contributed by atoms with Crippen LogP contribution in [0.5, 0.6) is 0 Å². The summed E-state index contributed by atoms with van der Waals surface area (Å²) in [6.07, 6.45) is 12.0. The SMILES string of the molecule is C.CCCC(C(=O)N[C@@H](CC(=O)O)c1cncc(-c2c(C)cccc2C)c1)n1ccc(C)cc1=O.CCCC(C(=O)N[C@@H](CC(=O)OC)c1cncc(-c2c(C)cccc2C)c1)n1ccc(C)cc1=O.O.[Li+].[OH-]. The van der Waals surface area contributed by atoms with Crippen molar-refractivity contribution in [3.63, 3.8) is 0 Å². The van der Waals surface area contributed by atoms with Gasteiger partial charge in [-0.05, 0) is 134 Å². The van der Waals surface area contributed by atoms with E-state index in [4.69, 9.17) is 4.74 Å². The summed E-state index contributed by atoms with van der Waals surface area (Å²) in [6.45, 7) is 15.7. The minimum atomic E-state index is -1.04. The van der Waals surface area contributed by atoms with E-state index in [1.165, 1.54) is 28.4 Å². The third kappa shape index (κ3) is 17.1. The molecule has 0 spiro atoms. The number of rotatable bonds is 18. The molecule has 4 atom stereocenters. The summed E-state index contributed by atoms with van der Waals surface area (Å²) in [4.78, 5) is 84.6. The minimum absolute atomic E-state index is 0. The van der Waals surface area contributed by atoms with Crippen LogP contribution in [0.3, 0.4) is 0 Å². The molecule has 0 fully saturated rings. The van der Waals surface area contributed by atoms with Gasteiger partial charge in [-0.3, -0.25) is 38.7 Å². The maximum atomic E-state index is 13.4. The van der Waals surface area contributed by atoms with Crippen LogP contribution in [0, 0.1) is 41.5 Å². The number of nitrogens with one attached hydrogen (secondary N) is 2. The second-order valence-corrected chi connectivity index (χ2v) is 17.6. The summed E-state index contributed by atoms with van der Waals surface area (Å²) in [5.74, 6) is -2.21. The second-order valence-electron chi connectivity index (χ2n) is 17.6. The van der Waals surface area contributed by atoms with Crippen LogP contribution in [0.1, 0.15) is 128 Å². The molecule has 0 aliphatic rings. The fraction of sp³-hybridized carbons (Fsp3) is 0.357. The van der Waals surface area contributed by atoms with Gasteiger partial charge in [-0.15, -0.1) is 0 Å². The number of esters is 1. The molecule has 386 valence electrons. The number of carbonyl (C=O) groups is 4. The number of ether oxygens (including phenoxy) is 1. The summed E-state index contributed by atoms with van der Waals surface area (Å²) >= 11 is 0. The number of pyridine rings is 4. The molecular formula is C56H71LiN6O10. The van der Waals surface area contributed by atoms with Crippen molar-refractivity contribution in [2.75, 3.05) is 7.11 Å². The molecule has 0 saturated carbocycles. The van der Waals surface area contributed by atoms with Crippen LogP contribution in [-0.2, 0) is 23.9 Å². The van der Waals surface area contributed by atoms with Crippen molar-refractivity contribution in [2.24, 2.45) is 0 Å². The zero-order valence-electron chi connectivity index (χ0n) is 43.0. The van der Waals surface area contributed by atoms with Crippen molar-refractivity contribution >= 4 is 23.8 Å². The number of benzene rings is 2. The fourth-order valence-corrected chi connectivity index (χ4v) is 8.61. The first kappa shape index (κ1) is 64.1. The van der Waals surface area contributed by atoms with E-state index in [1.54, 1.807) is 49.3 Å². The molecule has 6 aromatic rings. The Morgan fingerprint density at radius 1 is 0.616 bits per heavy atom. The molecule has 2 amide bonds. The van der Waals surface area contributed by atoms with Crippen LogP contribution < -0.4 is 40.6 Å². The standard InChI is InChI=1S/C28H33N3O4.C27H31N3O4.CH4.Li.2H2O/c1-6-8-24(31-12-11-18(2)13-25(31)32)28(34)30-23(15-26(33)35-5)21-14-22(17-29-16-21)27-19(3)9-7-10-20(27)4;1-5-7-23(30-11-10-17(2)12-24(30)31)27(34)29-22(14-25(32)33)20-13-21(16-28-15-20)26-18(3)8-6-9-19(26)4;;;;/h7,9-14,16-17,23-24H,6,8,15H2,1-5H3,(H,30,34);6,8-13,15-16,22-23H,5,7,14H2,1-4H3,(H,29,34)(H,32,33);1H4;;2*1H2/q;;;+1;;/p-1/t23-,24?;22-,23?;;;;/m00..../s1. The number of hydrogen-bond donors (Lipinski definition) is 3. The molecule has 2 unspecified atom stereocenters. The molecule has 16 nitrogen and oxygen atoms in total. The predicted octanol–water partition coefficient (Wildman–Crippen LogP) is 5.74. The van der Waals surface area contributed by atoms with E-state index in [-0.39, 0.29) is 67.1 Å². The Morgan fingerprint density at radius 2 is 0.986 bits per heavy atom. The number of nitrogens with zero attached hydrogens (tertiary/aromatic N) is 4. The first-order valence-corrected chi connectivity index (χ1v) is 23.3. The van der Waals surface area contributed by atoms with Gasteiger partial charge >= 0.3 is 30.8 Å². The molecule has 0 bridgehead atoms. The van der Waals surface area contributed by atoms with Crippen molar-refractivity contribution in [1.82, 2.24) is 29.7 Å². The van der Waals surface area contributed by atoms with Gasteiger partial charge in [-0.1, -0.05) is 70.5 Å². The Morgan fingerprint density at radius 3 is 1.32 bits per heavy atom. The number of aliphatic carboxylic acids is 1. The van der Waals surface area contributed by atoms with Crippen molar-refractivity contribution in [1.29, 1.82) is 0 Å². The second kappa shape index (κ2) is 30.2. The van der Waals surface area contributed by atoms with Crippen LogP contribution >= 0.6 is 0 Å². The first-order valence-electron chi connectivity index (χ1n) is 23.3. The largest absolute Gasteiger partial charge is 1.00 e. The van der Waals surface area contributed by atoms with E-state index in [9.17, 15) is 33.9 Å². The minimum Gasteiger partial charge on any atom is -0.870 e. The number of hydrogen-bond acceptors (Lipinski definition) is 10. The molecule has 2 aromatic carbocycles. The average molecular weight is 995 g/mol. The van der Waals surface area contributed by atoms with Crippen molar-refractivity contribution < 1.29 is 58.8 Å². The van der Waals surface area contributed by atoms with Gasteiger partial charge in [0.1, 0.15) is 12.1 Å². The van der Waals surface area contributed by atoms with Crippen LogP contribution in [0.15, 0.2) is 120 Å². The Labute approximate surface area is 440 Å². The number of carboxylic acids is 1. The fourth-order valence-electron chi connectivity index (χ4n) is 8.61. The van der Waals surface area contributed by atoms with Gasteiger partial charge in [0.15, 0.2) is 0 Å². The van der Waals surface area contributed by atoms with Gasteiger partial charge < -0.3 is 40.6 Å². The summed E-state index contributed by atoms with van der Waals surface area (Å²) in [5.41, 5.74) is 10.7. The van der Waals surface area contributed by atoms with Crippen molar-refractivity contribution in [2.45, 2.75) is 126 Å². The van der Waals surface area contributed by atoms with Crippen molar-refractivity contribution in [3.8, 4) is 22.3 Å². The summed E-state index contributed by atoms with van der Waals surface area (Å²) in [5, 5.41) is 15.4. The molecule has 4 heterocycles. The van der Waals surface area contributed by atoms with E-state index in [0.29, 0.717) is 36.8 Å². The monoisotopic (exact) mass is 995 g/mol. The van der Waals surface area contributed by atoms with E-state index in [0.717, 1.165) is 55.6 Å². The maximum absolute atomic E-state index is 13.4. The van der Waals surface area contributed by atoms with E-state index < -0.39 is 42.0 Å². The number of methoxy groups -OCH3 is 1. The van der Waals surface area contributed by atoms with E-state index in [1.807, 2.05) is 104 Å². The van der Waals surface area contributed by atoms with Crippen LogP contribution in [0.25, 0.3) is 22.3 Å². The van der Waals surface area contributed by atoms with Gasteiger partial charge in [-0.25, -0.2) is 0 Å². The third-order valence-corrected chi connectivity index (χ3v) is 12.1. The Kier molecular flexibility index (Phi) is 26.5. The van der Waals surface area contributed by atoms with Gasteiger partial charge in [0.05, 0.1) is 32.0 Å². The topological polar surface area (TPSA) is 253 Å². The normalized spacial score (nSPS) is 12.0. The van der Waals surface area contributed by atoms with Crippen LogP contribution in [-0.4, -0.2) is 66.0 Å². The number of aromatic nitrogens is 4. The average Bonchev–Trinajstić information content (AvgIpc) is 3.30.